The van der Waals surface area contributed by atoms with Crippen LogP contribution < -0.4 is 10.6 Å². The summed E-state index contributed by atoms with van der Waals surface area (Å²) in [5.74, 6) is 0.859. The van der Waals surface area contributed by atoms with E-state index in [1.54, 1.807) is 0 Å². The molecule has 2 aromatic rings. The van der Waals surface area contributed by atoms with Crippen molar-refractivity contribution in [3.63, 3.8) is 0 Å². The molecule has 0 bridgehead atoms. The van der Waals surface area contributed by atoms with Crippen molar-refractivity contribution in [2.45, 2.75) is 33.4 Å². The maximum Gasteiger partial charge on any atom is 0.191 e. The van der Waals surface area contributed by atoms with Crippen LogP contribution in [0.5, 0.6) is 0 Å². The number of hydrogen-bond donors (Lipinski definition) is 2. The van der Waals surface area contributed by atoms with Crippen LogP contribution in [0.15, 0.2) is 35.3 Å². The van der Waals surface area contributed by atoms with Gasteiger partial charge >= 0.3 is 0 Å². The highest BCUT2D eigenvalue weighted by Gasteiger charge is 2.22. The summed E-state index contributed by atoms with van der Waals surface area (Å²) in [6.45, 7) is 11.8. The Balaban J connectivity index is 0.00000320. The van der Waals surface area contributed by atoms with Crippen LogP contribution in [0.2, 0.25) is 0 Å². The van der Waals surface area contributed by atoms with Crippen molar-refractivity contribution in [1.82, 2.24) is 30.2 Å². The van der Waals surface area contributed by atoms with Crippen LogP contribution in [-0.4, -0.2) is 78.4 Å². The fraction of sp³-hybridized carbons (Fsp3) is 0.545. The van der Waals surface area contributed by atoms with Crippen LogP contribution in [-0.2, 0) is 6.54 Å². The van der Waals surface area contributed by atoms with Gasteiger partial charge in [-0.05, 0) is 52.6 Å². The Morgan fingerprint density at radius 1 is 1.17 bits per heavy atom. The van der Waals surface area contributed by atoms with Crippen molar-refractivity contribution >= 4 is 29.9 Å². The van der Waals surface area contributed by atoms with E-state index in [9.17, 15) is 0 Å². The Labute approximate surface area is 197 Å². The Bertz CT molecular complexity index is 833. The highest BCUT2D eigenvalue weighted by atomic mass is 127. The van der Waals surface area contributed by atoms with Gasteiger partial charge in [0.1, 0.15) is 0 Å². The second kappa shape index (κ2) is 11.7. The van der Waals surface area contributed by atoms with Crippen molar-refractivity contribution < 1.29 is 0 Å². The summed E-state index contributed by atoms with van der Waals surface area (Å²) in [4.78, 5) is 9.67. The predicted octanol–water partition coefficient (Wildman–Crippen LogP) is 2.41. The lowest BCUT2D eigenvalue weighted by atomic mass is 10.1. The van der Waals surface area contributed by atoms with Crippen molar-refractivity contribution in [3.8, 4) is 5.69 Å². The molecule has 0 saturated carbocycles. The van der Waals surface area contributed by atoms with E-state index in [4.69, 9.17) is 4.99 Å². The Morgan fingerprint density at radius 2 is 1.93 bits per heavy atom. The number of halogens is 1. The third-order valence-electron chi connectivity index (χ3n) is 5.47. The highest BCUT2D eigenvalue weighted by Crippen LogP contribution is 2.17. The maximum atomic E-state index is 4.86. The molecule has 0 aliphatic carbocycles. The van der Waals surface area contributed by atoms with E-state index in [2.05, 4.69) is 83.8 Å². The minimum Gasteiger partial charge on any atom is -0.357 e. The molecule has 0 radical (unpaired) electrons. The third kappa shape index (κ3) is 6.42. The highest BCUT2D eigenvalue weighted by molar-refractivity contribution is 14.0. The number of guanidine groups is 1. The molecule has 1 saturated heterocycles. The number of hydrogen-bond acceptors (Lipinski definition) is 4. The number of para-hydroxylation sites is 1. The molecule has 0 spiro atoms. The van der Waals surface area contributed by atoms with E-state index >= 15 is 0 Å². The molecule has 0 amide bonds. The molecule has 1 aliphatic heterocycles. The standard InChI is InChI=1S/C22H35N7.HI/c1-6-23-22(25-15-20-16-27(4)11-12-28(20)5)24-14-19-9-7-8-10-21(19)29-18(3)13-17(2)26-29;/h7-10,13,20H,6,11-12,14-16H2,1-5H3,(H2,23,24,25);1H. The SMILES string of the molecule is CCNC(=NCc1ccccc1-n1nc(C)cc1C)NCC1CN(C)CCN1C.I. The summed E-state index contributed by atoms with van der Waals surface area (Å²) >= 11 is 0. The average molecular weight is 525 g/mol. The summed E-state index contributed by atoms with van der Waals surface area (Å²) in [5.41, 5.74) is 4.41. The molecular formula is C22H36IN7. The van der Waals surface area contributed by atoms with E-state index in [0.717, 1.165) is 61.3 Å². The van der Waals surface area contributed by atoms with Crippen molar-refractivity contribution in [2.75, 3.05) is 46.8 Å². The van der Waals surface area contributed by atoms with Gasteiger partial charge in [-0.3, -0.25) is 4.90 Å². The molecule has 1 aromatic carbocycles. The number of nitrogens with one attached hydrogen (secondary N) is 2. The number of aromatic nitrogens is 2. The number of benzene rings is 1. The number of nitrogens with zero attached hydrogens (tertiary/aromatic N) is 5. The monoisotopic (exact) mass is 525 g/mol. The van der Waals surface area contributed by atoms with Gasteiger partial charge in [-0.2, -0.15) is 5.10 Å². The maximum absolute atomic E-state index is 4.86. The fourth-order valence-electron chi connectivity index (χ4n) is 3.77. The summed E-state index contributed by atoms with van der Waals surface area (Å²) < 4.78 is 2.01. The molecule has 3 rings (SSSR count). The molecule has 1 unspecified atom stereocenters. The van der Waals surface area contributed by atoms with Gasteiger partial charge in [0, 0.05) is 44.5 Å². The first-order valence-electron chi connectivity index (χ1n) is 10.5. The largest absolute Gasteiger partial charge is 0.357 e. The van der Waals surface area contributed by atoms with Crippen LogP contribution in [0.1, 0.15) is 23.9 Å². The van der Waals surface area contributed by atoms with Crippen molar-refractivity contribution in [2.24, 2.45) is 4.99 Å². The Kier molecular flexibility index (Phi) is 9.57. The second-order valence-electron chi connectivity index (χ2n) is 7.94. The molecular weight excluding hydrogens is 489 g/mol. The normalized spacial score (nSPS) is 18.2. The smallest absolute Gasteiger partial charge is 0.191 e. The topological polar surface area (TPSA) is 60.7 Å². The van der Waals surface area contributed by atoms with Gasteiger partial charge in [0.15, 0.2) is 5.96 Å². The van der Waals surface area contributed by atoms with Crippen LogP contribution in [0.25, 0.3) is 5.69 Å². The zero-order valence-electron chi connectivity index (χ0n) is 18.9. The minimum absolute atomic E-state index is 0. The lowest BCUT2D eigenvalue weighted by Crippen LogP contribution is -2.55. The predicted molar refractivity (Wildman–Crippen MR) is 135 cm³/mol. The Hall–Kier alpha value is -1.65. The molecule has 1 atom stereocenters. The molecule has 1 aromatic heterocycles. The van der Waals surface area contributed by atoms with Gasteiger partial charge in [0.2, 0.25) is 0 Å². The Morgan fingerprint density at radius 3 is 2.63 bits per heavy atom. The van der Waals surface area contributed by atoms with E-state index in [0.29, 0.717) is 12.6 Å². The van der Waals surface area contributed by atoms with Gasteiger partial charge in [-0.1, -0.05) is 18.2 Å². The van der Waals surface area contributed by atoms with Crippen molar-refractivity contribution in [3.05, 3.63) is 47.3 Å². The lowest BCUT2D eigenvalue weighted by molar-refractivity contribution is 0.116. The third-order valence-corrected chi connectivity index (χ3v) is 5.47. The fourth-order valence-corrected chi connectivity index (χ4v) is 3.77. The molecule has 7 nitrogen and oxygen atoms in total. The minimum atomic E-state index is 0. The molecule has 2 N–H and O–H groups in total. The summed E-state index contributed by atoms with van der Waals surface area (Å²) in [7, 11) is 4.39. The van der Waals surface area contributed by atoms with Crippen LogP contribution in [0.3, 0.4) is 0 Å². The molecule has 30 heavy (non-hydrogen) atoms. The quantitative estimate of drug-likeness (QED) is 0.345. The van der Waals surface area contributed by atoms with Gasteiger partial charge in [0.25, 0.3) is 0 Å². The van der Waals surface area contributed by atoms with E-state index in [1.165, 1.54) is 0 Å². The number of aryl methyl sites for hydroxylation is 2. The lowest BCUT2D eigenvalue weighted by Gasteiger charge is -2.37. The number of likely N-dealkylation sites (N-methyl/N-ethyl adjacent to an activating group) is 2. The van der Waals surface area contributed by atoms with E-state index < -0.39 is 0 Å². The zero-order valence-corrected chi connectivity index (χ0v) is 21.2. The molecule has 1 fully saturated rings. The molecule has 2 heterocycles. The van der Waals surface area contributed by atoms with E-state index in [-0.39, 0.29) is 24.0 Å². The van der Waals surface area contributed by atoms with E-state index in [1.807, 2.05) is 11.6 Å². The zero-order chi connectivity index (χ0) is 20.8. The molecule has 8 heteroatoms. The summed E-state index contributed by atoms with van der Waals surface area (Å²) in [6, 6.07) is 10.9. The van der Waals surface area contributed by atoms with Gasteiger partial charge in [-0.25, -0.2) is 9.67 Å². The van der Waals surface area contributed by atoms with Gasteiger partial charge < -0.3 is 15.5 Å². The molecule has 166 valence electrons. The number of aliphatic imine (C=N–C) groups is 1. The van der Waals surface area contributed by atoms with Crippen LogP contribution in [0.4, 0.5) is 0 Å². The van der Waals surface area contributed by atoms with Crippen molar-refractivity contribution in [1.29, 1.82) is 0 Å². The van der Waals surface area contributed by atoms with Crippen LogP contribution in [0, 0.1) is 13.8 Å². The summed E-state index contributed by atoms with van der Waals surface area (Å²) in [5, 5.41) is 11.6. The first-order chi connectivity index (χ1) is 14.0. The first kappa shape index (κ1) is 24.6. The van der Waals surface area contributed by atoms with Gasteiger partial charge in [0.05, 0.1) is 17.9 Å². The van der Waals surface area contributed by atoms with Gasteiger partial charge in [-0.15, -0.1) is 24.0 Å². The van der Waals surface area contributed by atoms with Crippen LogP contribution >= 0.6 is 24.0 Å². The second-order valence-corrected chi connectivity index (χ2v) is 7.94. The number of rotatable bonds is 6. The molecule has 1 aliphatic rings. The summed E-state index contributed by atoms with van der Waals surface area (Å²) in [6.07, 6.45) is 0. The number of piperazine rings is 1. The average Bonchev–Trinajstić information content (AvgIpc) is 3.04. The first-order valence-corrected chi connectivity index (χ1v) is 10.5.